The van der Waals surface area contributed by atoms with Crippen molar-refractivity contribution in [2.24, 2.45) is 0 Å². The fourth-order valence-electron chi connectivity index (χ4n) is 1.91. The third-order valence-corrected chi connectivity index (χ3v) is 2.95. The molecule has 0 bridgehead atoms. The summed E-state index contributed by atoms with van der Waals surface area (Å²) < 4.78 is 5.06. The van der Waals surface area contributed by atoms with Gasteiger partial charge in [-0.1, -0.05) is 18.2 Å². The van der Waals surface area contributed by atoms with E-state index in [1.807, 2.05) is 31.2 Å². The van der Waals surface area contributed by atoms with Crippen LogP contribution in [0.25, 0.3) is 0 Å². The first kappa shape index (κ1) is 13.9. The highest BCUT2D eigenvalue weighted by molar-refractivity contribution is 5.97. The van der Waals surface area contributed by atoms with Gasteiger partial charge < -0.3 is 15.8 Å². The van der Waals surface area contributed by atoms with Crippen LogP contribution in [0.4, 0.5) is 17.1 Å². The molecular formula is C16H18N2O2. The summed E-state index contributed by atoms with van der Waals surface area (Å²) in [6.07, 6.45) is 0. The number of carbonyl (C=O) groups is 1. The van der Waals surface area contributed by atoms with Gasteiger partial charge in [0.15, 0.2) is 0 Å². The highest BCUT2D eigenvalue weighted by Gasteiger charge is 2.13. The fraction of sp³-hybridized carbons (Fsp3) is 0.188. The molecule has 2 aromatic rings. The Bertz CT molecular complexity index is 624. The molecule has 0 aliphatic carbocycles. The van der Waals surface area contributed by atoms with Gasteiger partial charge in [-0.2, -0.15) is 0 Å². The molecule has 20 heavy (non-hydrogen) atoms. The number of nitrogen functional groups attached to an aromatic ring is 1. The van der Waals surface area contributed by atoms with Crippen LogP contribution in [0.5, 0.6) is 0 Å². The molecule has 0 saturated carbocycles. The Labute approximate surface area is 118 Å². The van der Waals surface area contributed by atoms with Gasteiger partial charge in [0.25, 0.3) is 0 Å². The van der Waals surface area contributed by atoms with Crippen LogP contribution in [0.3, 0.4) is 0 Å². The smallest absolute Gasteiger partial charge is 0.340 e. The zero-order valence-electron chi connectivity index (χ0n) is 11.6. The molecule has 0 aliphatic heterocycles. The number of ether oxygens (including phenoxy) is 1. The zero-order chi connectivity index (χ0) is 14.5. The molecule has 0 unspecified atom stereocenters. The molecular weight excluding hydrogens is 252 g/mol. The number of anilines is 3. The number of esters is 1. The van der Waals surface area contributed by atoms with Crippen molar-refractivity contribution in [1.29, 1.82) is 0 Å². The molecule has 104 valence electrons. The number of para-hydroxylation sites is 1. The molecule has 3 N–H and O–H groups in total. The third kappa shape index (κ3) is 3.09. The van der Waals surface area contributed by atoms with Crippen molar-refractivity contribution in [3.8, 4) is 0 Å². The van der Waals surface area contributed by atoms with Crippen molar-refractivity contribution in [2.75, 3.05) is 17.7 Å². The Hall–Kier alpha value is -2.49. The molecule has 0 heterocycles. The van der Waals surface area contributed by atoms with Crippen molar-refractivity contribution in [3.05, 3.63) is 53.6 Å². The lowest BCUT2D eigenvalue weighted by molar-refractivity contribution is 0.0527. The predicted octanol–water partition coefficient (Wildman–Crippen LogP) is 3.50. The van der Waals surface area contributed by atoms with E-state index in [2.05, 4.69) is 5.32 Å². The predicted molar refractivity (Wildman–Crippen MR) is 81.3 cm³/mol. The largest absolute Gasteiger partial charge is 0.462 e. The minimum Gasteiger partial charge on any atom is -0.462 e. The van der Waals surface area contributed by atoms with Crippen LogP contribution < -0.4 is 11.1 Å². The Morgan fingerprint density at radius 1 is 1.20 bits per heavy atom. The Morgan fingerprint density at radius 2 is 1.95 bits per heavy atom. The van der Waals surface area contributed by atoms with Crippen molar-refractivity contribution < 1.29 is 9.53 Å². The average Bonchev–Trinajstić information content (AvgIpc) is 2.43. The normalized spacial score (nSPS) is 10.1. The first-order valence-electron chi connectivity index (χ1n) is 6.51. The van der Waals surface area contributed by atoms with Gasteiger partial charge in [0.05, 0.1) is 17.9 Å². The van der Waals surface area contributed by atoms with E-state index in [1.54, 1.807) is 25.1 Å². The maximum atomic E-state index is 12.0. The summed E-state index contributed by atoms with van der Waals surface area (Å²) in [4.78, 5) is 12.0. The van der Waals surface area contributed by atoms with E-state index in [0.29, 0.717) is 23.5 Å². The van der Waals surface area contributed by atoms with Gasteiger partial charge in [0.1, 0.15) is 0 Å². The van der Waals surface area contributed by atoms with E-state index in [4.69, 9.17) is 10.5 Å². The van der Waals surface area contributed by atoms with Crippen molar-refractivity contribution in [1.82, 2.24) is 0 Å². The van der Waals surface area contributed by atoms with Gasteiger partial charge in [-0.3, -0.25) is 0 Å². The van der Waals surface area contributed by atoms with E-state index in [-0.39, 0.29) is 5.97 Å². The number of nitrogens with one attached hydrogen (secondary N) is 1. The molecule has 0 fully saturated rings. The molecule has 2 rings (SSSR count). The molecule has 0 spiro atoms. The summed E-state index contributed by atoms with van der Waals surface area (Å²) in [5.74, 6) is -0.379. The molecule has 0 amide bonds. The van der Waals surface area contributed by atoms with Gasteiger partial charge in [0.2, 0.25) is 0 Å². The highest BCUT2D eigenvalue weighted by Crippen LogP contribution is 2.25. The summed E-state index contributed by atoms with van der Waals surface area (Å²) in [5, 5.41) is 3.25. The third-order valence-electron chi connectivity index (χ3n) is 2.95. The maximum Gasteiger partial charge on any atom is 0.340 e. The van der Waals surface area contributed by atoms with Gasteiger partial charge >= 0.3 is 5.97 Å². The number of aryl methyl sites for hydroxylation is 1. The topological polar surface area (TPSA) is 64.3 Å². The lowest BCUT2D eigenvalue weighted by Gasteiger charge is -2.13. The van der Waals surface area contributed by atoms with E-state index >= 15 is 0 Å². The van der Waals surface area contributed by atoms with E-state index in [9.17, 15) is 4.79 Å². The molecule has 0 aliphatic rings. The van der Waals surface area contributed by atoms with Crippen molar-refractivity contribution in [2.45, 2.75) is 13.8 Å². The number of hydrogen-bond donors (Lipinski definition) is 2. The number of benzene rings is 2. The maximum absolute atomic E-state index is 12.0. The van der Waals surface area contributed by atoms with Crippen LogP contribution in [-0.2, 0) is 4.74 Å². The second kappa shape index (κ2) is 6.10. The van der Waals surface area contributed by atoms with Crippen LogP contribution in [0.1, 0.15) is 22.8 Å². The first-order valence-corrected chi connectivity index (χ1v) is 6.51. The number of carbonyl (C=O) groups excluding carboxylic acids is 1. The van der Waals surface area contributed by atoms with Crippen LogP contribution in [0.2, 0.25) is 0 Å². The van der Waals surface area contributed by atoms with E-state index in [0.717, 1.165) is 11.3 Å². The fourth-order valence-corrected chi connectivity index (χ4v) is 1.91. The van der Waals surface area contributed by atoms with E-state index in [1.165, 1.54) is 0 Å². The first-order chi connectivity index (χ1) is 9.61. The summed E-state index contributed by atoms with van der Waals surface area (Å²) >= 11 is 0. The average molecular weight is 270 g/mol. The minimum atomic E-state index is -0.379. The van der Waals surface area contributed by atoms with Crippen LogP contribution >= 0.6 is 0 Å². The van der Waals surface area contributed by atoms with Crippen molar-refractivity contribution in [3.63, 3.8) is 0 Å². The summed E-state index contributed by atoms with van der Waals surface area (Å²) in [5.41, 5.74) is 9.45. The second-order valence-corrected chi connectivity index (χ2v) is 4.47. The molecule has 0 atom stereocenters. The molecule has 0 aromatic heterocycles. The standard InChI is InChI=1S/C16H18N2O2/c1-3-20-16(19)13-10-12(17)8-9-15(13)18-14-7-5-4-6-11(14)2/h4-10,18H,3,17H2,1-2H3. The molecule has 0 saturated heterocycles. The van der Waals surface area contributed by atoms with Crippen LogP contribution in [0, 0.1) is 6.92 Å². The lowest BCUT2D eigenvalue weighted by Crippen LogP contribution is -2.09. The summed E-state index contributed by atoms with van der Waals surface area (Å²) in [6.45, 7) is 4.11. The van der Waals surface area contributed by atoms with Crippen LogP contribution in [0.15, 0.2) is 42.5 Å². The molecule has 2 aromatic carbocycles. The Morgan fingerprint density at radius 3 is 2.65 bits per heavy atom. The number of hydrogen-bond acceptors (Lipinski definition) is 4. The Kier molecular flexibility index (Phi) is 4.25. The van der Waals surface area contributed by atoms with Gasteiger partial charge in [-0.15, -0.1) is 0 Å². The molecule has 0 radical (unpaired) electrons. The summed E-state index contributed by atoms with van der Waals surface area (Å²) in [7, 11) is 0. The van der Waals surface area contributed by atoms with Gasteiger partial charge in [-0.25, -0.2) is 4.79 Å². The zero-order valence-corrected chi connectivity index (χ0v) is 11.6. The number of rotatable bonds is 4. The minimum absolute atomic E-state index is 0.331. The van der Waals surface area contributed by atoms with Gasteiger partial charge in [0, 0.05) is 11.4 Å². The SMILES string of the molecule is CCOC(=O)c1cc(N)ccc1Nc1ccccc1C. The highest BCUT2D eigenvalue weighted by atomic mass is 16.5. The second-order valence-electron chi connectivity index (χ2n) is 4.47. The van der Waals surface area contributed by atoms with Gasteiger partial charge in [-0.05, 0) is 43.7 Å². The monoisotopic (exact) mass is 270 g/mol. The molecule has 4 heteroatoms. The quantitative estimate of drug-likeness (QED) is 0.659. The van der Waals surface area contributed by atoms with Crippen LogP contribution in [-0.4, -0.2) is 12.6 Å². The van der Waals surface area contributed by atoms with E-state index < -0.39 is 0 Å². The Balaban J connectivity index is 2.36. The number of nitrogens with two attached hydrogens (primary N) is 1. The van der Waals surface area contributed by atoms with Crippen molar-refractivity contribution >= 4 is 23.0 Å². The lowest BCUT2D eigenvalue weighted by atomic mass is 10.1. The molecule has 4 nitrogen and oxygen atoms in total. The summed E-state index contributed by atoms with van der Waals surface area (Å²) in [6, 6.07) is 13.0.